The first kappa shape index (κ1) is 32.2. The molecule has 12 heteroatoms. The lowest BCUT2D eigenvalue weighted by Gasteiger charge is -2.30. The minimum Gasteiger partial charge on any atom is -0.479 e. The fourth-order valence-corrected chi connectivity index (χ4v) is 6.10. The van der Waals surface area contributed by atoms with E-state index in [4.69, 9.17) is 14.5 Å². The Hall–Kier alpha value is -4.22. The van der Waals surface area contributed by atoms with Crippen LogP contribution in [0.1, 0.15) is 78.3 Å². The monoisotopic (exact) mass is 621 g/mol. The Morgan fingerprint density at radius 1 is 1.13 bits per heavy atom. The van der Waals surface area contributed by atoms with E-state index < -0.39 is 53.2 Å². The number of carbonyl (C=O) groups is 4. The van der Waals surface area contributed by atoms with Gasteiger partial charge in [-0.2, -0.15) is 0 Å². The summed E-state index contributed by atoms with van der Waals surface area (Å²) in [5, 5.41) is 15.6. The van der Waals surface area contributed by atoms with Crippen LogP contribution in [0.2, 0.25) is 0 Å². The highest BCUT2D eigenvalue weighted by molar-refractivity contribution is 5.96. The standard InChI is InChI=1S/C33H43N5O7/c1-5-22-28(35-24-15-12-11-14-23(24)34-22)44-21-17-26-27(39)37-33(30(41)42)18-20(33)13-9-7-6-8-10-16-25(29(40)38(26)19-21)36-31(43)45-32(2,3)4/h9,11-15,20-21,25-26H,5-8,10,16-19H2,1-4H3,(H,36,43)(H,37,39)(H,41,42)/b13-9-/t20?,21-,25-,26?,33?/m1/s1. The van der Waals surface area contributed by atoms with E-state index >= 15 is 0 Å². The first-order valence-corrected chi connectivity index (χ1v) is 15.8. The molecule has 3 N–H and O–H groups in total. The lowest BCUT2D eigenvalue weighted by molar-refractivity contribution is -0.145. The van der Waals surface area contributed by atoms with Crippen LogP contribution in [-0.2, 0) is 25.5 Å². The Morgan fingerprint density at radius 2 is 1.87 bits per heavy atom. The highest BCUT2D eigenvalue weighted by Gasteiger charge is 2.61. The number of carboxylic acids is 1. The van der Waals surface area contributed by atoms with Crippen LogP contribution in [-0.4, -0.2) is 79.7 Å². The van der Waals surface area contributed by atoms with Gasteiger partial charge in [0.2, 0.25) is 17.7 Å². The van der Waals surface area contributed by atoms with Gasteiger partial charge in [-0.15, -0.1) is 0 Å². The SMILES string of the molecule is CCc1nc2ccccc2nc1O[C@@H]1CC2C(=O)NC3(C(=O)O)CC3/C=C\CCCCC[C@@H](NC(=O)OC(C)(C)C)C(=O)N2C1. The number of hydrogen-bond acceptors (Lipinski definition) is 8. The molecule has 45 heavy (non-hydrogen) atoms. The van der Waals surface area contributed by atoms with Crippen LogP contribution < -0.4 is 15.4 Å². The third-order valence-corrected chi connectivity index (χ3v) is 8.53. The summed E-state index contributed by atoms with van der Waals surface area (Å²) in [6.07, 6.45) is 6.87. The Morgan fingerprint density at radius 3 is 2.56 bits per heavy atom. The molecule has 1 saturated carbocycles. The second-order valence-corrected chi connectivity index (χ2v) is 13.1. The van der Waals surface area contributed by atoms with E-state index in [1.165, 1.54) is 4.90 Å². The van der Waals surface area contributed by atoms with Crippen LogP contribution in [0.25, 0.3) is 11.0 Å². The van der Waals surface area contributed by atoms with Gasteiger partial charge in [-0.05, 0) is 65.0 Å². The number of para-hydroxylation sites is 2. The number of nitrogens with zero attached hydrogens (tertiary/aromatic N) is 3. The van der Waals surface area contributed by atoms with Crippen LogP contribution in [0.5, 0.6) is 5.88 Å². The predicted molar refractivity (Wildman–Crippen MR) is 165 cm³/mol. The molecule has 2 fully saturated rings. The number of allylic oxidation sites excluding steroid dienone is 1. The molecule has 1 aromatic heterocycles. The fourth-order valence-electron chi connectivity index (χ4n) is 6.10. The van der Waals surface area contributed by atoms with Gasteiger partial charge in [0, 0.05) is 12.3 Å². The Bertz CT molecular complexity index is 1490. The largest absolute Gasteiger partial charge is 0.479 e. The molecule has 242 valence electrons. The highest BCUT2D eigenvalue weighted by atomic mass is 16.6. The molecule has 0 spiro atoms. The average molecular weight is 622 g/mol. The molecule has 0 radical (unpaired) electrons. The molecule has 5 rings (SSSR count). The van der Waals surface area contributed by atoms with Crippen molar-refractivity contribution in [2.24, 2.45) is 5.92 Å². The predicted octanol–water partition coefficient (Wildman–Crippen LogP) is 3.91. The number of carboxylic acid groups (broad SMARTS) is 1. The van der Waals surface area contributed by atoms with Crippen molar-refractivity contribution in [2.75, 3.05) is 6.54 Å². The topological polar surface area (TPSA) is 160 Å². The summed E-state index contributed by atoms with van der Waals surface area (Å²) in [6, 6.07) is 5.49. The zero-order valence-electron chi connectivity index (χ0n) is 26.4. The number of carbonyl (C=O) groups excluding carboxylic acids is 3. The molecule has 1 saturated heterocycles. The maximum Gasteiger partial charge on any atom is 0.408 e. The van der Waals surface area contributed by atoms with Gasteiger partial charge in [0.05, 0.1) is 17.6 Å². The van der Waals surface area contributed by atoms with Crippen LogP contribution in [0, 0.1) is 5.92 Å². The summed E-state index contributed by atoms with van der Waals surface area (Å²) in [4.78, 5) is 64.0. The number of alkyl carbamates (subject to hydrolysis) is 1. The van der Waals surface area contributed by atoms with E-state index in [0.717, 1.165) is 24.8 Å². The van der Waals surface area contributed by atoms with Crippen LogP contribution in [0.3, 0.4) is 0 Å². The van der Waals surface area contributed by atoms with Crippen molar-refractivity contribution in [3.63, 3.8) is 0 Å². The smallest absolute Gasteiger partial charge is 0.408 e. The molecule has 3 unspecified atom stereocenters. The summed E-state index contributed by atoms with van der Waals surface area (Å²) in [6.45, 7) is 7.21. The number of aliphatic carboxylic acids is 1. The summed E-state index contributed by atoms with van der Waals surface area (Å²) < 4.78 is 11.8. The lowest BCUT2D eigenvalue weighted by Crippen LogP contribution is -2.56. The molecule has 2 aromatic rings. The van der Waals surface area contributed by atoms with Crippen LogP contribution in [0.4, 0.5) is 4.79 Å². The number of amides is 3. The number of hydrogen-bond donors (Lipinski definition) is 3. The number of rotatable bonds is 5. The van der Waals surface area contributed by atoms with Gasteiger partial charge in [-0.1, -0.05) is 44.1 Å². The summed E-state index contributed by atoms with van der Waals surface area (Å²) in [5.41, 5.74) is -0.147. The number of nitrogens with one attached hydrogen (secondary N) is 2. The van der Waals surface area contributed by atoms with E-state index in [1.54, 1.807) is 20.8 Å². The van der Waals surface area contributed by atoms with Crippen molar-refractivity contribution < 1.29 is 33.8 Å². The van der Waals surface area contributed by atoms with Crippen molar-refractivity contribution in [3.05, 3.63) is 42.1 Å². The molecule has 3 heterocycles. The number of fused-ring (bicyclic) bond motifs is 3. The normalized spacial score (nSPS) is 28.1. The fraction of sp³-hybridized carbons (Fsp3) is 0.576. The molecule has 1 aliphatic carbocycles. The third-order valence-electron chi connectivity index (χ3n) is 8.53. The Labute approximate surface area is 262 Å². The third kappa shape index (κ3) is 7.37. The summed E-state index contributed by atoms with van der Waals surface area (Å²) in [7, 11) is 0. The Balaban J connectivity index is 1.45. The molecular weight excluding hydrogens is 578 g/mol. The van der Waals surface area contributed by atoms with Crippen molar-refractivity contribution in [2.45, 2.75) is 108 Å². The number of aromatic nitrogens is 2. The minimum atomic E-state index is -1.42. The second kappa shape index (κ2) is 13.0. The van der Waals surface area contributed by atoms with Gasteiger partial charge in [-0.25, -0.2) is 19.6 Å². The average Bonchev–Trinajstić information content (AvgIpc) is 3.51. The van der Waals surface area contributed by atoms with E-state index in [1.807, 2.05) is 43.3 Å². The van der Waals surface area contributed by atoms with Crippen LogP contribution in [0.15, 0.2) is 36.4 Å². The quantitative estimate of drug-likeness (QED) is 0.421. The van der Waals surface area contributed by atoms with Gasteiger partial charge in [-0.3, -0.25) is 9.59 Å². The molecule has 3 amide bonds. The molecular formula is C33H43N5O7. The van der Waals surface area contributed by atoms with Gasteiger partial charge in [0.25, 0.3) is 0 Å². The van der Waals surface area contributed by atoms with Gasteiger partial charge in [0.1, 0.15) is 35.0 Å². The van der Waals surface area contributed by atoms with E-state index in [9.17, 15) is 24.3 Å². The van der Waals surface area contributed by atoms with Crippen LogP contribution >= 0.6 is 0 Å². The zero-order valence-corrected chi connectivity index (χ0v) is 26.4. The zero-order chi connectivity index (χ0) is 32.4. The minimum absolute atomic E-state index is 0.0461. The maximum atomic E-state index is 14.2. The van der Waals surface area contributed by atoms with Crippen molar-refractivity contribution in [1.29, 1.82) is 0 Å². The molecule has 0 bridgehead atoms. The van der Waals surface area contributed by atoms with Crippen molar-refractivity contribution >= 4 is 34.9 Å². The lowest BCUT2D eigenvalue weighted by atomic mass is 10.0. The van der Waals surface area contributed by atoms with E-state index in [0.29, 0.717) is 36.4 Å². The number of aryl methyl sites for hydroxylation is 1. The highest BCUT2D eigenvalue weighted by Crippen LogP contribution is 2.45. The number of benzene rings is 1. The van der Waals surface area contributed by atoms with Crippen molar-refractivity contribution in [3.8, 4) is 5.88 Å². The molecule has 1 aromatic carbocycles. The molecule has 2 aliphatic heterocycles. The van der Waals surface area contributed by atoms with E-state index in [2.05, 4.69) is 15.6 Å². The van der Waals surface area contributed by atoms with Gasteiger partial charge < -0.3 is 30.1 Å². The first-order chi connectivity index (χ1) is 21.4. The maximum absolute atomic E-state index is 14.2. The first-order valence-electron chi connectivity index (χ1n) is 15.8. The second-order valence-electron chi connectivity index (χ2n) is 13.1. The van der Waals surface area contributed by atoms with Gasteiger partial charge in [0.15, 0.2) is 0 Å². The number of ether oxygens (including phenoxy) is 2. The van der Waals surface area contributed by atoms with Gasteiger partial charge >= 0.3 is 12.1 Å². The molecule has 12 nitrogen and oxygen atoms in total. The van der Waals surface area contributed by atoms with Crippen molar-refractivity contribution in [1.82, 2.24) is 25.5 Å². The summed E-state index contributed by atoms with van der Waals surface area (Å²) >= 11 is 0. The summed E-state index contributed by atoms with van der Waals surface area (Å²) in [5.74, 6) is -2.13. The Kier molecular flexibility index (Phi) is 9.31. The molecule has 5 atom stereocenters. The van der Waals surface area contributed by atoms with E-state index in [-0.39, 0.29) is 25.3 Å². The molecule has 3 aliphatic rings.